The van der Waals surface area contributed by atoms with Gasteiger partial charge in [0.25, 0.3) is 0 Å². The molecular weight excluding hydrogens is 452 g/mol. The van der Waals surface area contributed by atoms with Crippen molar-refractivity contribution in [3.05, 3.63) is 108 Å². The quantitative estimate of drug-likeness (QED) is 0.414. The Kier molecular flexibility index (Phi) is 7.27. The summed E-state index contributed by atoms with van der Waals surface area (Å²) in [5, 5.41) is 0. The second-order valence-electron chi connectivity index (χ2n) is 8.24. The van der Waals surface area contributed by atoms with Gasteiger partial charge in [-0.15, -0.1) is 12.6 Å². The Morgan fingerprint density at radius 3 is 2.21 bits per heavy atom. The van der Waals surface area contributed by atoms with Crippen LogP contribution in [0.3, 0.4) is 0 Å². The molecule has 2 saturated heterocycles. The van der Waals surface area contributed by atoms with Gasteiger partial charge in [0.1, 0.15) is 23.7 Å². The number of carbonyl (C=O) groups is 1. The normalized spacial score (nSPS) is 28.6. The predicted molar refractivity (Wildman–Crippen MR) is 128 cm³/mol. The van der Waals surface area contributed by atoms with E-state index in [1.165, 1.54) is 0 Å². The van der Waals surface area contributed by atoms with Crippen LogP contribution in [0.4, 0.5) is 0 Å². The third-order valence-corrected chi connectivity index (χ3v) is 6.33. The Hall–Kier alpha value is -2.68. The van der Waals surface area contributed by atoms with E-state index in [1.54, 1.807) is 24.3 Å². The van der Waals surface area contributed by atoms with Crippen LogP contribution in [0.25, 0.3) is 0 Å². The van der Waals surface area contributed by atoms with E-state index in [9.17, 15) is 4.79 Å². The van der Waals surface area contributed by atoms with Crippen LogP contribution in [0.15, 0.2) is 91.0 Å². The maximum absolute atomic E-state index is 12.9. The van der Waals surface area contributed by atoms with Gasteiger partial charge in [0, 0.05) is 5.56 Å². The number of hydrogen-bond acceptors (Lipinski definition) is 7. The average Bonchev–Trinajstić information content (AvgIpc) is 2.90. The molecule has 1 unspecified atom stereocenters. The Balaban J connectivity index is 1.40. The molecule has 176 valence electrons. The predicted octanol–water partition coefficient (Wildman–Crippen LogP) is 4.57. The van der Waals surface area contributed by atoms with Crippen LogP contribution >= 0.6 is 12.6 Å². The lowest BCUT2D eigenvalue weighted by atomic mass is 9.98. The summed E-state index contributed by atoms with van der Waals surface area (Å²) in [6.45, 7) is 0.640. The van der Waals surface area contributed by atoms with Crippen LogP contribution in [0.2, 0.25) is 0 Å². The van der Waals surface area contributed by atoms with Crippen LogP contribution in [0.1, 0.15) is 27.8 Å². The molecule has 0 N–H and O–H groups in total. The lowest BCUT2D eigenvalue weighted by Crippen LogP contribution is -2.62. The van der Waals surface area contributed by atoms with Crippen molar-refractivity contribution in [2.24, 2.45) is 0 Å². The summed E-state index contributed by atoms with van der Waals surface area (Å²) >= 11 is 4.60. The van der Waals surface area contributed by atoms with Crippen molar-refractivity contribution < 1.29 is 28.5 Å². The van der Waals surface area contributed by atoms with Crippen LogP contribution < -0.4 is 0 Å². The van der Waals surface area contributed by atoms with Gasteiger partial charge < -0.3 is 23.7 Å². The highest BCUT2D eigenvalue weighted by Crippen LogP contribution is 2.37. The standard InChI is InChI=1S/C27H26O6S/c28-25(19-12-6-2-7-13-19)32-24-23(29-16-18-10-4-1-5-11-18)22-21(31-27(24)34)17-30-26(33-22)20-14-8-3-9-15-20/h1-15,21-24,26-27,34H,16-17H2/t21-,22-,23+,24-,26?,27+/m1/s1. The van der Waals surface area contributed by atoms with Crippen molar-refractivity contribution in [3.63, 3.8) is 0 Å². The largest absolute Gasteiger partial charge is 0.452 e. The Morgan fingerprint density at radius 2 is 1.50 bits per heavy atom. The van der Waals surface area contributed by atoms with Crippen LogP contribution in [-0.2, 0) is 30.3 Å². The highest BCUT2D eigenvalue weighted by atomic mass is 32.1. The van der Waals surface area contributed by atoms with Crippen LogP contribution in [0.5, 0.6) is 0 Å². The molecule has 2 heterocycles. The molecule has 3 aromatic carbocycles. The first-order chi connectivity index (χ1) is 16.7. The fourth-order valence-corrected chi connectivity index (χ4v) is 4.58. The van der Waals surface area contributed by atoms with Crippen molar-refractivity contribution in [1.29, 1.82) is 0 Å². The lowest BCUT2D eigenvalue weighted by molar-refractivity contribution is -0.324. The van der Waals surface area contributed by atoms with Crippen molar-refractivity contribution >= 4 is 18.6 Å². The number of rotatable bonds is 6. The molecule has 0 aliphatic carbocycles. The van der Waals surface area contributed by atoms with Gasteiger partial charge in [-0.2, -0.15) is 0 Å². The monoisotopic (exact) mass is 478 g/mol. The van der Waals surface area contributed by atoms with E-state index in [0.717, 1.165) is 11.1 Å². The van der Waals surface area contributed by atoms with Gasteiger partial charge >= 0.3 is 5.97 Å². The SMILES string of the molecule is O=C(O[C@@H]1[C@@H](OCc2ccccc2)[C@@H]2OC(c3ccccc3)OC[C@H]2O[C@H]1S)c1ccccc1. The minimum Gasteiger partial charge on any atom is -0.452 e. The number of esters is 1. The molecule has 0 aromatic heterocycles. The molecule has 0 bridgehead atoms. The molecule has 0 radical (unpaired) electrons. The summed E-state index contributed by atoms with van der Waals surface area (Å²) in [7, 11) is 0. The van der Waals surface area contributed by atoms with Gasteiger partial charge in [-0.1, -0.05) is 78.9 Å². The van der Waals surface area contributed by atoms with Gasteiger partial charge in [-0.25, -0.2) is 4.79 Å². The zero-order valence-corrected chi connectivity index (χ0v) is 19.3. The summed E-state index contributed by atoms with van der Waals surface area (Å²) in [6, 6.07) is 28.4. The first-order valence-corrected chi connectivity index (χ1v) is 11.8. The molecule has 34 heavy (non-hydrogen) atoms. The molecule has 5 rings (SSSR count). The first-order valence-electron chi connectivity index (χ1n) is 11.3. The van der Waals surface area contributed by atoms with Crippen molar-refractivity contribution in [2.45, 2.75) is 42.7 Å². The van der Waals surface area contributed by atoms with Gasteiger partial charge in [0.15, 0.2) is 12.4 Å². The topological polar surface area (TPSA) is 63.2 Å². The molecule has 0 spiro atoms. The van der Waals surface area contributed by atoms with E-state index in [0.29, 0.717) is 18.8 Å². The van der Waals surface area contributed by atoms with E-state index in [4.69, 9.17) is 23.7 Å². The summed E-state index contributed by atoms with van der Waals surface area (Å²) in [5.74, 6) is -0.466. The third kappa shape index (κ3) is 5.19. The smallest absolute Gasteiger partial charge is 0.338 e. The van der Waals surface area contributed by atoms with Gasteiger partial charge in [-0.3, -0.25) is 0 Å². The Labute approximate surface area is 204 Å². The fourth-order valence-electron chi connectivity index (χ4n) is 4.19. The summed E-state index contributed by atoms with van der Waals surface area (Å²) in [5.41, 5.74) is 1.65. The number of fused-ring (bicyclic) bond motifs is 1. The molecule has 0 saturated carbocycles. The molecule has 2 aliphatic heterocycles. The zero-order chi connectivity index (χ0) is 23.3. The molecule has 2 fully saturated rings. The molecule has 2 aliphatic rings. The van der Waals surface area contributed by atoms with E-state index < -0.39 is 42.1 Å². The lowest BCUT2D eigenvalue weighted by Gasteiger charge is -2.47. The number of thiol groups is 1. The maximum atomic E-state index is 12.9. The fraction of sp³-hybridized carbons (Fsp3) is 0.296. The van der Waals surface area contributed by atoms with Crippen LogP contribution in [0, 0.1) is 0 Å². The van der Waals surface area contributed by atoms with Crippen molar-refractivity contribution in [1.82, 2.24) is 0 Å². The Bertz CT molecular complexity index is 1060. The van der Waals surface area contributed by atoms with E-state index in [2.05, 4.69) is 12.6 Å². The van der Waals surface area contributed by atoms with Crippen molar-refractivity contribution in [2.75, 3.05) is 6.61 Å². The molecule has 3 aromatic rings. The highest BCUT2D eigenvalue weighted by molar-refractivity contribution is 7.80. The minimum atomic E-state index is -0.782. The van der Waals surface area contributed by atoms with Crippen molar-refractivity contribution in [3.8, 4) is 0 Å². The van der Waals surface area contributed by atoms with E-state index in [1.807, 2.05) is 66.7 Å². The summed E-state index contributed by atoms with van der Waals surface area (Å²) in [6.07, 6.45) is -2.88. The number of ether oxygens (including phenoxy) is 5. The summed E-state index contributed by atoms with van der Waals surface area (Å²) in [4.78, 5) is 12.9. The third-order valence-electron chi connectivity index (χ3n) is 5.91. The van der Waals surface area contributed by atoms with E-state index in [-0.39, 0.29) is 0 Å². The average molecular weight is 479 g/mol. The minimum absolute atomic E-state index is 0.311. The highest BCUT2D eigenvalue weighted by Gasteiger charge is 2.51. The maximum Gasteiger partial charge on any atom is 0.338 e. The van der Waals surface area contributed by atoms with Gasteiger partial charge in [0.2, 0.25) is 0 Å². The number of benzene rings is 3. The second kappa shape index (κ2) is 10.7. The zero-order valence-electron chi connectivity index (χ0n) is 18.4. The van der Waals surface area contributed by atoms with Crippen LogP contribution in [-0.4, -0.2) is 42.4 Å². The van der Waals surface area contributed by atoms with Gasteiger partial charge in [-0.05, 0) is 17.7 Å². The first kappa shape index (κ1) is 23.1. The van der Waals surface area contributed by atoms with Gasteiger partial charge in [0.05, 0.1) is 18.8 Å². The molecule has 7 heteroatoms. The molecule has 6 nitrogen and oxygen atoms in total. The Morgan fingerprint density at radius 1 is 0.853 bits per heavy atom. The van der Waals surface area contributed by atoms with E-state index >= 15 is 0 Å². The molecule has 6 atom stereocenters. The summed E-state index contributed by atoms with van der Waals surface area (Å²) < 4.78 is 30.6. The molecular formula is C27H26O6S. The second-order valence-corrected chi connectivity index (χ2v) is 8.75. The molecule has 0 amide bonds. The number of carbonyl (C=O) groups excluding carboxylic acids is 1. The number of hydrogen-bond donors (Lipinski definition) is 1.